The molecule has 0 aromatic heterocycles. The summed E-state index contributed by atoms with van der Waals surface area (Å²) in [7, 11) is -2.93. The minimum atomic E-state index is -4.66. The zero-order valence-corrected chi connectivity index (χ0v) is 21.3. The molecular weight excluding hydrogens is 509 g/mol. The van der Waals surface area contributed by atoms with Crippen LogP contribution in [-0.4, -0.2) is 38.3 Å². The third-order valence-corrected chi connectivity index (χ3v) is 8.94. The second kappa shape index (κ2) is 11.5. The van der Waals surface area contributed by atoms with Gasteiger partial charge in [0.05, 0.1) is 29.6 Å². The molecule has 200 valence electrons. The third kappa shape index (κ3) is 6.23. The van der Waals surface area contributed by atoms with Crippen molar-refractivity contribution in [1.82, 2.24) is 0 Å². The summed E-state index contributed by atoms with van der Waals surface area (Å²) in [5.41, 5.74) is -1.35. The Morgan fingerprint density at radius 1 is 1.11 bits per heavy atom. The summed E-state index contributed by atoms with van der Waals surface area (Å²) >= 11 is 0. The van der Waals surface area contributed by atoms with Gasteiger partial charge < -0.3 is 9.47 Å². The lowest BCUT2D eigenvalue weighted by atomic mass is 9.92. The lowest BCUT2D eigenvalue weighted by Gasteiger charge is -2.36. The monoisotopic (exact) mass is 538 g/mol. The van der Waals surface area contributed by atoms with Crippen LogP contribution in [0.2, 0.25) is 0 Å². The number of allylic oxidation sites excluding steroid dienone is 1. The number of benzene rings is 2. The predicted molar refractivity (Wildman–Crippen MR) is 130 cm³/mol. The normalized spacial score (nSPS) is 20.4. The topological polar surface area (TPSA) is 86.7 Å². The van der Waals surface area contributed by atoms with Crippen LogP contribution in [0.5, 0.6) is 0 Å². The standard InChI is InChI=1S/C27H29F3O6S/c1-3-4-13-23(36-25(32)20-9-8-10-21(17-20)27(28,29)30)26(15-14-19(18-26)16-24(31)35-2)37(33,34)22-11-6-5-7-12-22/h5-12,14-15,17,19,23H,3-4,13,16,18H2,1-2H3/t19-,23-,26+/m0/s1. The van der Waals surface area contributed by atoms with E-state index in [0.717, 1.165) is 12.1 Å². The fourth-order valence-corrected chi connectivity index (χ4v) is 6.68. The van der Waals surface area contributed by atoms with E-state index in [1.54, 1.807) is 24.3 Å². The minimum Gasteiger partial charge on any atom is -0.469 e. The first-order valence-corrected chi connectivity index (χ1v) is 13.4. The van der Waals surface area contributed by atoms with Gasteiger partial charge in [-0.25, -0.2) is 13.2 Å². The maximum Gasteiger partial charge on any atom is 0.416 e. The minimum absolute atomic E-state index is 0.00924. The van der Waals surface area contributed by atoms with Crippen LogP contribution in [0.4, 0.5) is 13.2 Å². The second-order valence-corrected chi connectivity index (χ2v) is 11.2. The van der Waals surface area contributed by atoms with Crippen molar-refractivity contribution in [3.8, 4) is 0 Å². The molecule has 0 amide bonds. The average Bonchev–Trinajstić information content (AvgIpc) is 3.31. The number of sulfone groups is 1. The average molecular weight is 539 g/mol. The molecule has 37 heavy (non-hydrogen) atoms. The molecule has 0 saturated carbocycles. The van der Waals surface area contributed by atoms with Crippen LogP contribution < -0.4 is 0 Å². The fourth-order valence-electron chi connectivity index (χ4n) is 4.52. The van der Waals surface area contributed by atoms with Crippen molar-refractivity contribution < 1.29 is 40.7 Å². The number of ether oxygens (including phenoxy) is 2. The first-order chi connectivity index (χ1) is 17.4. The number of esters is 2. The van der Waals surface area contributed by atoms with Gasteiger partial charge in [0, 0.05) is 0 Å². The smallest absolute Gasteiger partial charge is 0.416 e. The number of unbranched alkanes of at least 4 members (excludes halogenated alkanes) is 1. The molecule has 3 atom stereocenters. The van der Waals surface area contributed by atoms with Crippen LogP contribution in [0.15, 0.2) is 71.6 Å². The molecule has 0 radical (unpaired) electrons. The number of methoxy groups -OCH3 is 1. The predicted octanol–water partition coefficient (Wildman–Crippen LogP) is 5.77. The SMILES string of the molecule is CCCC[C@H](OC(=O)c1cccc(C(F)(F)F)c1)[C@@]1(S(=O)(=O)c2ccccc2)C=C[C@@H](CC(=O)OC)C1. The Bertz CT molecular complexity index is 1240. The lowest BCUT2D eigenvalue weighted by molar-refractivity contribution is -0.141. The van der Waals surface area contributed by atoms with Crippen molar-refractivity contribution >= 4 is 21.8 Å². The highest BCUT2D eigenvalue weighted by molar-refractivity contribution is 7.93. The van der Waals surface area contributed by atoms with Gasteiger partial charge >= 0.3 is 18.1 Å². The first kappa shape index (κ1) is 28.4. The van der Waals surface area contributed by atoms with Gasteiger partial charge in [0.1, 0.15) is 10.9 Å². The molecule has 0 aliphatic heterocycles. The van der Waals surface area contributed by atoms with Gasteiger partial charge in [0.25, 0.3) is 0 Å². The molecule has 10 heteroatoms. The van der Waals surface area contributed by atoms with E-state index >= 15 is 0 Å². The molecule has 0 spiro atoms. The van der Waals surface area contributed by atoms with E-state index in [2.05, 4.69) is 0 Å². The van der Waals surface area contributed by atoms with Crippen LogP contribution in [0.25, 0.3) is 0 Å². The van der Waals surface area contributed by atoms with Crippen molar-refractivity contribution in [2.75, 3.05) is 7.11 Å². The van der Waals surface area contributed by atoms with Gasteiger partial charge in [-0.1, -0.05) is 49.8 Å². The molecule has 2 aromatic rings. The largest absolute Gasteiger partial charge is 0.469 e. The molecular formula is C27H29F3O6S. The van der Waals surface area contributed by atoms with Crippen molar-refractivity contribution in [3.63, 3.8) is 0 Å². The number of halogens is 3. The molecule has 1 aliphatic carbocycles. The molecule has 0 unspecified atom stereocenters. The summed E-state index contributed by atoms with van der Waals surface area (Å²) in [6.07, 6.45) is -1.61. The first-order valence-electron chi connectivity index (χ1n) is 11.9. The van der Waals surface area contributed by atoms with Crippen LogP contribution >= 0.6 is 0 Å². The number of hydrogen-bond donors (Lipinski definition) is 0. The van der Waals surface area contributed by atoms with Crippen LogP contribution in [0, 0.1) is 5.92 Å². The Balaban J connectivity index is 2.05. The van der Waals surface area contributed by atoms with E-state index in [1.807, 2.05) is 6.92 Å². The molecule has 0 heterocycles. The Labute approximate surface area is 214 Å². The molecule has 6 nitrogen and oxygen atoms in total. The second-order valence-electron chi connectivity index (χ2n) is 8.99. The third-order valence-electron chi connectivity index (χ3n) is 6.48. The van der Waals surface area contributed by atoms with Crippen molar-refractivity contribution in [2.45, 2.75) is 61.0 Å². The number of alkyl halides is 3. The Hall–Kier alpha value is -3.14. The van der Waals surface area contributed by atoms with Crippen LogP contribution in [0.1, 0.15) is 54.9 Å². The van der Waals surface area contributed by atoms with Gasteiger partial charge in [-0.3, -0.25) is 4.79 Å². The zero-order valence-electron chi connectivity index (χ0n) is 20.5. The van der Waals surface area contributed by atoms with Crippen molar-refractivity contribution in [2.24, 2.45) is 5.92 Å². The van der Waals surface area contributed by atoms with Crippen LogP contribution in [0.3, 0.4) is 0 Å². The zero-order chi connectivity index (χ0) is 27.3. The Morgan fingerprint density at radius 2 is 1.81 bits per heavy atom. The number of carbonyl (C=O) groups excluding carboxylic acids is 2. The summed E-state index contributed by atoms with van der Waals surface area (Å²) in [5, 5.41) is 0. The van der Waals surface area contributed by atoms with Gasteiger partial charge in [-0.15, -0.1) is 0 Å². The van der Waals surface area contributed by atoms with E-state index < -0.39 is 50.3 Å². The van der Waals surface area contributed by atoms with E-state index in [0.29, 0.717) is 18.9 Å². The molecule has 0 fully saturated rings. The van der Waals surface area contributed by atoms with Crippen molar-refractivity contribution in [1.29, 1.82) is 0 Å². The number of hydrogen-bond acceptors (Lipinski definition) is 6. The van der Waals surface area contributed by atoms with Gasteiger partial charge in [-0.05, 0) is 55.5 Å². The number of rotatable bonds is 10. The van der Waals surface area contributed by atoms with Gasteiger partial charge in [-0.2, -0.15) is 13.2 Å². The quantitative estimate of drug-likeness (QED) is 0.282. The highest BCUT2D eigenvalue weighted by atomic mass is 32.2. The molecule has 0 bridgehead atoms. The van der Waals surface area contributed by atoms with E-state index in [-0.39, 0.29) is 29.7 Å². The van der Waals surface area contributed by atoms with E-state index in [4.69, 9.17) is 9.47 Å². The van der Waals surface area contributed by atoms with Gasteiger partial charge in [0.2, 0.25) is 0 Å². The van der Waals surface area contributed by atoms with Gasteiger partial charge in [0.15, 0.2) is 9.84 Å². The van der Waals surface area contributed by atoms with E-state index in [9.17, 15) is 31.2 Å². The summed E-state index contributed by atoms with van der Waals surface area (Å²) < 4.78 is 76.5. The summed E-state index contributed by atoms with van der Waals surface area (Å²) in [6, 6.07) is 11.5. The molecule has 0 N–H and O–H groups in total. The summed E-state index contributed by atoms with van der Waals surface area (Å²) in [6.45, 7) is 1.88. The maximum atomic E-state index is 14.1. The highest BCUT2D eigenvalue weighted by Gasteiger charge is 2.54. The number of carbonyl (C=O) groups is 2. The molecule has 1 aliphatic rings. The molecule has 3 rings (SSSR count). The lowest BCUT2D eigenvalue weighted by Crippen LogP contribution is -2.49. The molecule has 2 aromatic carbocycles. The highest BCUT2D eigenvalue weighted by Crippen LogP contribution is 2.45. The molecule has 0 saturated heterocycles. The van der Waals surface area contributed by atoms with Crippen LogP contribution in [-0.2, 0) is 30.3 Å². The maximum absolute atomic E-state index is 14.1. The summed E-state index contributed by atoms with van der Waals surface area (Å²) in [4.78, 5) is 25.0. The van der Waals surface area contributed by atoms with E-state index in [1.165, 1.54) is 31.4 Å². The Morgan fingerprint density at radius 3 is 2.43 bits per heavy atom. The summed E-state index contributed by atoms with van der Waals surface area (Å²) in [5.74, 6) is -2.07. The fraction of sp³-hybridized carbons (Fsp3) is 0.407. The Kier molecular flexibility index (Phi) is 8.84. The van der Waals surface area contributed by atoms with Crippen molar-refractivity contribution in [3.05, 3.63) is 77.9 Å².